The van der Waals surface area contributed by atoms with Crippen LogP contribution in [-0.2, 0) is 10.5 Å². The molecule has 0 aromatic carbocycles. The maximum absolute atomic E-state index is 10.8. The van der Waals surface area contributed by atoms with Crippen LogP contribution in [-0.4, -0.2) is 45.9 Å². The number of anilines is 2. The van der Waals surface area contributed by atoms with Gasteiger partial charge in [0, 0.05) is 12.1 Å². The van der Waals surface area contributed by atoms with Crippen LogP contribution in [0.2, 0.25) is 39.3 Å². The van der Waals surface area contributed by atoms with Gasteiger partial charge < -0.3 is 19.6 Å². The molecule has 0 fully saturated rings. The third kappa shape index (κ3) is 10.1. The molecule has 0 aliphatic rings. The summed E-state index contributed by atoms with van der Waals surface area (Å²) in [5.41, 5.74) is 4.01. The molecule has 2 aromatic rings. The SMILES string of the molecule is C[Si](C)(C)Nc1cc(O[Si](C)(C)C)nc(C[Si]=O)n1.Nc1cc(=O)[nH]c(=O)[nH]1. The average Bonchev–Trinajstić information content (AvgIpc) is 2.42. The molecule has 0 atom stereocenters. The maximum Gasteiger partial charge on any atom is 0.334 e. The smallest absolute Gasteiger partial charge is 0.334 e. The van der Waals surface area contributed by atoms with Gasteiger partial charge in [-0.25, -0.2) is 9.78 Å². The lowest BCUT2D eigenvalue weighted by molar-refractivity contribution is 0.529. The van der Waals surface area contributed by atoms with Gasteiger partial charge in [-0.1, -0.05) is 19.6 Å². The van der Waals surface area contributed by atoms with Crippen LogP contribution in [0.3, 0.4) is 0 Å². The van der Waals surface area contributed by atoms with Crippen molar-refractivity contribution < 1.29 is 8.89 Å². The molecule has 10 nitrogen and oxygen atoms in total. The summed E-state index contributed by atoms with van der Waals surface area (Å²) in [5.74, 6) is 2.01. The Bertz CT molecular complexity index is 855. The number of hydrogen-bond donors (Lipinski definition) is 4. The molecule has 13 heteroatoms. The molecule has 153 valence electrons. The summed E-state index contributed by atoms with van der Waals surface area (Å²) < 4.78 is 16.7. The molecule has 2 aromatic heterocycles. The third-order valence-corrected chi connectivity index (χ3v) is 4.96. The lowest BCUT2D eigenvalue weighted by Crippen LogP contribution is -2.33. The highest BCUT2D eigenvalue weighted by molar-refractivity contribution is 6.79. The molecule has 0 bridgehead atoms. The van der Waals surface area contributed by atoms with Crippen LogP contribution >= 0.6 is 0 Å². The van der Waals surface area contributed by atoms with Crippen LogP contribution in [0.15, 0.2) is 21.7 Å². The summed E-state index contributed by atoms with van der Waals surface area (Å²) in [7, 11) is -3.63. The number of aromatic nitrogens is 4. The van der Waals surface area contributed by atoms with Crippen LogP contribution in [0.25, 0.3) is 0 Å². The number of nitrogens with two attached hydrogens (primary N) is 1. The molecule has 0 spiro atoms. The van der Waals surface area contributed by atoms with E-state index in [4.69, 9.17) is 10.2 Å². The van der Waals surface area contributed by atoms with Gasteiger partial charge in [0.15, 0.2) is 0 Å². The fourth-order valence-electron chi connectivity index (χ4n) is 1.92. The van der Waals surface area contributed by atoms with Crippen LogP contribution in [0, 0.1) is 0 Å². The highest BCUT2D eigenvalue weighted by Gasteiger charge is 2.20. The minimum Gasteiger partial charge on any atom is -0.531 e. The minimum atomic E-state index is -1.71. The average molecular weight is 440 g/mol. The number of rotatable bonds is 6. The van der Waals surface area contributed by atoms with Gasteiger partial charge in [0.2, 0.25) is 14.2 Å². The van der Waals surface area contributed by atoms with E-state index in [1.165, 1.54) is 0 Å². The minimum absolute atomic E-state index is 0.0729. The van der Waals surface area contributed by atoms with Crippen LogP contribution in [0.1, 0.15) is 5.82 Å². The van der Waals surface area contributed by atoms with Gasteiger partial charge >= 0.3 is 15.1 Å². The van der Waals surface area contributed by atoms with Crippen molar-refractivity contribution in [1.29, 1.82) is 0 Å². The summed E-state index contributed by atoms with van der Waals surface area (Å²) in [6, 6.07) is 3.30. The summed E-state index contributed by atoms with van der Waals surface area (Å²) in [5, 5.41) is 0. The Labute approximate surface area is 167 Å². The van der Waals surface area contributed by atoms with Gasteiger partial charge in [-0.3, -0.25) is 14.8 Å². The van der Waals surface area contributed by atoms with Crippen molar-refractivity contribution in [2.75, 3.05) is 10.7 Å². The van der Waals surface area contributed by atoms with Crippen molar-refractivity contribution in [1.82, 2.24) is 19.9 Å². The Kier molecular flexibility index (Phi) is 8.19. The number of nitrogen functional groups attached to an aromatic ring is 1. The standard InChI is InChI=1S/C11H22N3O2Si3.C4H5N3O2/c1-18(2,3)14-9-7-11(16-19(4,5)6)13-10(12-9)8-17-15;5-2-1-3(8)7-4(9)6-2/h7H,8H2,1-6H3,(H,12,13,14);1H,(H4,5,6,7,8,9). The van der Waals surface area contributed by atoms with Gasteiger partial charge in [0.25, 0.3) is 5.56 Å². The molecular weight excluding hydrogens is 412 g/mol. The highest BCUT2D eigenvalue weighted by atomic mass is 28.4. The fraction of sp³-hybridized carbons (Fsp3) is 0.467. The van der Waals surface area contributed by atoms with Gasteiger partial charge in [0.05, 0.1) is 6.04 Å². The molecule has 28 heavy (non-hydrogen) atoms. The van der Waals surface area contributed by atoms with Gasteiger partial charge in [-0.2, -0.15) is 4.98 Å². The zero-order valence-corrected chi connectivity index (χ0v) is 20.0. The third-order valence-electron chi connectivity index (χ3n) is 2.67. The molecule has 0 unspecified atom stereocenters. The number of aromatic amines is 2. The van der Waals surface area contributed by atoms with Gasteiger partial charge in [-0.15, -0.1) is 0 Å². The molecular formula is C15H27N6O4Si3. The van der Waals surface area contributed by atoms with E-state index in [-0.39, 0.29) is 5.82 Å². The Morgan fingerprint density at radius 3 is 2.21 bits per heavy atom. The number of hydrogen-bond acceptors (Lipinski definition) is 8. The van der Waals surface area contributed by atoms with Crippen molar-refractivity contribution in [2.24, 2.45) is 0 Å². The number of nitrogens with one attached hydrogen (secondary N) is 3. The first-order chi connectivity index (χ1) is 12.8. The summed E-state index contributed by atoms with van der Waals surface area (Å²) in [6.45, 7) is 12.9. The van der Waals surface area contributed by atoms with Crippen LogP contribution in [0.5, 0.6) is 5.88 Å². The molecule has 2 rings (SSSR count). The van der Waals surface area contributed by atoms with E-state index < -0.39 is 37.2 Å². The fourth-order valence-corrected chi connectivity index (χ4v) is 3.83. The Morgan fingerprint density at radius 1 is 1.11 bits per heavy atom. The van der Waals surface area contributed by atoms with Crippen molar-refractivity contribution >= 4 is 37.6 Å². The van der Waals surface area contributed by atoms with Gasteiger partial charge in [0.1, 0.15) is 25.7 Å². The molecule has 0 saturated heterocycles. The number of nitrogens with zero attached hydrogens (tertiary/aromatic N) is 2. The first-order valence-corrected chi connectivity index (χ1v) is 16.6. The maximum atomic E-state index is 10.8. The predicted octanol–water partition coefficient (Wildman–Crippen LogP) is 1.13. The first kappa shape index (κ1) is 23.6. The lowest BCUT2D eigenvalue weighted by Gasteiger charge is -2.22. The van der Waals surface area contributed by atoms with E-state index in [1.807, 2.05) is 11.1 Å². The molecule has 0 saturated carbocycles. The summed E-state index contributed by atoms with van der Waals surface area (Å²) in [4.78, 5) is 37.0. The van der Waals surface area contributed by atoms with Crippen LogP contribution < -0.4 is 26.4 Å². The van der Waals surface area contributed by atoms with E-state index in [2.05, 4.69) is 59.2 Å². The number of H-pyrrole nitrogens is 2. The monoisotopic (exact) mass is 439 g/mol. The molecule has 2 heterocycles. The molecule has 5 N–H and O–H groups in total. The zero-order valence-electron chi connectivity index (χ0n) is 17.0. The highest BCUT2D eigenvalue weighted by Crippen LogP contribution is 2.19. The van der Waals surface area contributed by atoms with E-state index in [9.17, 15) is 14.1 Å². The van der Waals surface area contributed by atoms with E-state index in [0.29, 0.717) is 17.7 Å². The largest absolute Gasteiger partial charge is 0.531 e. The second-order valence-electron chi connectivity index (χ2n) is 7.96. The van der Waals surface area contributed by atoms with E-state index in [0.717, 1.165) is 11.9 Å². The predicted molar refractivity (Wildman–Crippen MR) is 115 cm³/mol. The normalized spacial score (nSPS) is 11.2. The van der Waals surface area contributed by atoms with Crippen LogP contribution in [0.4, 0.5) is 11.6 Å². The summed E-state index contributed by atoms with van der Waals surface area (Å²) >= 11 is 0. The zero-order chi connectivity index (χ0) is 21.5. The van der Waals surface area contributed by atoms with Gasteiger partial charge in [-0.05, 0) is 19.6 Å². The Hall–Kier alpha value is -2.39. The first-order valence-electron chi connectivity index (χ1n) is 8.57. The van der Waals surface area contributed by atoms with Crippen molar-refractivity contribution in [3.8, 4) is 5.88 Å². The topological polar surface area (TPSA) is 156 Å². The Morgan fingerprint density at radius 2 is 1.75 bits per heavy atom. The van der Waals surface area contributed by atoms with E-state index in [1.54, 1.807) is 0 Å². The molecule has 0 aliphatic heterocycles. The molecule has 0 amide bonds. The van der Waals surface area contributed by atoms with Crippen molar-refractivity contribution in [2.45, 2.75) is 45.3 Å². The second kappa shape index (κ2) is 9.70. The quantitative estimate of drug-likeness (QED) is 0.488. The van der Waals surface area contributed by atoms with Crippen molar-refractivity contribution in [3.63, 3.8) is 0 Å². The summed E-state index contributed by atoms with van der Waals surface area (Å²) in [6.07, 6.45) is 0. The molecule has 0 aliphatic carbocycles. The second-order valence-corrected chi connectivity index (χ2v) is 17.8. The van der Waals surface area contributed by atoms with Crippen molar-refractivity contribution in [3.05, 3.63) is 38.8 Å². The lowest BCUT2D eigenvalue weighted by atomic mass is 10.5. The van der Waals surface area contributed by atoms with E-state index >= 15 is 0 Å². The Balaban J connectivity index is 0.000000362. The molecule has 1 radical (unpaired) electrons.